The number of anilines is 2. The number of nitrogens with one attached hydrogen (secondary N) is 2. The Morgan fingerprint density at radius 3 is 2.55 bits per heavy atom. The highest BCUT2D eigenvalue weighted by molar-refractivity contribution is 6.00. The standard InChI is InChI=1S/C20H19N3O6/c1-11(19(26)22-13-8-6-12(7-9-13)18(21)25)28-17(24)10-16-20(27)23-14-4-2-3-5-15(14)29-16/h2-9,11,16H,10H2,1H3,(H2,21,25)(H,22,26)(H,23,27)/t11-,16+/m0/s1. The Balaban J connectivity index is 1.52. The second kappa shape index (κ2) is 8.42. The second-order valence-electron chi connectivity index (χ2n) is 6.36. The SMILES string of the molecule is C[C@H](OC(=O)C[C@H]1Oc2ccccc2NC1=O)C(=O)Nc1ccc(C(N)=O)cc1. The predicted octanol–water partition coefficient (Wildman–Crippen LogP) is 1.45. The van der Waals surface area contributed by atoms with Crippen molar-refractivity contribution in [2.24, 2.45) is 5.73 Å². The first-order chi connectivity index (χ1) is 13.8. The van der Waals surface area contributed by atoms with E-state index in [1.54, 1.807) is 24.3 Å². The number of fused-ring (bicyclic) bond motifs is 1. The maximum Gasteiger partial charge on any atom is 0.310 e. The zero-order chi connectivity index (χ0) is 21.0. The van der Waals surface area contributed by atoms with Gasteiger partial charge in [-0.3, -0.25) is 19.2 Å². The van der Waals surface area contributed by atoms with E-state index in [1.807, 2.05) is 0 Å². The molecule has 0 saturated heterocycles. The number of para-hydroxylation sites is 2. The van der Waals surface area contributed by atoms with Gasteiger partial charge in [-0.1, -0.05) is 12.1 Å². The van der Waals surface area contributed by atoms with Crippen molar-refractivity contribution in [1.29, 1.82) is 0 Å². The molecule has 1 heterocycles. The Labute approximate surface area is 166 Å². The molecule has 0 radical (unpaired) electrons. The van der Waals surface area contributed by atoms with Crippen LogP contribution < -0.4 is 21.1 Å². The zero-order valence-corrected chi connectivity index (χ0v) is 15.5. The minimum absolute atomic E-state index is 0.301. The summed E-state index contributed by atoms with van der Waals surface area (Å²) in [5, 5.41) is 5.21. The number of benzene rings is 2. The molecule has 4 N–H and O–H groups in total. The van der Waals surface area contributed by atoms with E-state index in [2.05, 4.69) is 10.6 Å². The maximum absolute atomic E-state index is 12.2. The monoisotopic (exact) mass is 397 g/mol. The molecule has 2 atom stereocenters. The van der Waals surface area contributed by atoms with Crippen LogP contribution in [-0.4, -0.2) is 35.9 Å². The van der Waals surface area contributed by atoms with E-state index >= 15 is 0 Å². The lowest BCUT2D eigenvalue weighted by Crippen LogP contribution is -2.40. The van der Waals surface area contributed by atoms with Crippen molar-refractivity contribution in [1.82, 2.24) is 0 Å². The number of primary amides is 1. The summed E-state index contributed by atoms with van der Waals surface area (Å²) < 4.78 is 10.6. The highest BCUT2D eigenvalue weighted by atomic mass is 16.6. The van der Waals surface area contributed by atoms with Gasteiger partial charge in [0, 0.05) is 11.3 Å². The average molecular weight is 397 g/mol. The first-order valence-electron chi connectivity index (χ1n) is 8.80. The van der Waals surface area contributed by atoms with Gasteiger partial charge in [-0.2, -0.15) is 0 Å². The quantitative estimate of drug-likeness (QED) is 0.631. The minimum Gasteiger partial charge on any atom is -0.478 e. The van der Waals surface area contributed by atoms with Crippen LogP contribution in [0.5, 0.6) is 5.75 Å². The molecule has 0 unspecified atom stereocenters. The number of nitrogens with two attached hydrogens (primary N) is 1. The van der Waals surface area contributed by atoms with Gasteiger partial charge in [0.1, 0.15) is 5.75 Å². The molecule has 150 valence electrons. The average Bonchev–Trinajstić information content (AvgIpc) is 2.68. The van der Waals surface area contributed by atoms with E-state index in [4.69, 9.17) is 15.2 Å². The van der Waals surface area contributed by atoms with Crippen LogP contribution in [0.25, 0.3) is 0 Å². The third kappa shape index (κ3) is 4.89. The summed E-state index contributed by atoms with van der Waals surface area (Å²) in [6.07, 6.45) is -2.49. The van der Waals surface area contributed by atoms with Crippen LogP contribution in [0.4, 0.5) is 11.4 Å². The number of ether oxygens (including phenoxy) is 2. The van der Waals surface area contributed by atoms with Crippen molar-refractivity contribution in [3.8, 4) is 5.75 Å². The van der Waals surface area contributed by atoms with Crippen LogP contribution in [-0.2, 0) is 19.1 Å². The summed E-state index contributed by atoms with van der Waals surface area (Å²) in [5.74, 6) is -1.91. The first-order valence-corrected chi connectivity index (χ1v) is 8.80. The number of hydrogen-bond acceptors (Lipinski definition) is 6. The normalized spacial score (nSPS) is 15.9. The molecule has 9 heteroatoms. The van der Waals surface area contributed by atoms with Gasteiger partial charge in [0.2, 0.25) is 5.91 Å². The molecule has 0 fully saturated rings. The van der Waals surface area contributed by atoms with Crippen molar-refractivity contribution in [3.05, 3.63) is 54.1 Å². The Kier molecular flexibility index (Phi) is 5.77. The van der Waals surface area contributed by atoms with Crippen LogP contribution in [0.1, 0.15) is 23.7 Å². The van der Waals surface area contributed by atoms with Crippen LogP contribution in [0, 0.1) is 0 Å². The Morgan fingerprint density at radius 1 is 1.17 bits per heavy atom. The number of rotatable bonds is 6. The molecule has 0 aliphatic carbocycles. The predicted molar refractivity (Wildman–Crippen MR) is 103 cm³/mol. The van der Waals surface area contributed by atoms with Crippen molar-refractivity contribution >= 4 is 35.1 Å². The number of esters is 1. The lowest BCUT2D eigenvalue weighted by atomic mass is 10.1. The van der Waals surface area contributed by atoms with Crippen LogP contribution in [0.3, 0.4) is 0 Å². The van der Waals surface area contributed by atoms with Crippen molar-refractivity contribution in [2.45, 2.75) is 25.6 Å². The molecular formula is C20H19N3O6. The summed E-state index contributed by atoms with van der Waals surface area (Å²) in [5.41, 5.74) is 6.40. The third-order valence-corrected chi connectivity index (χ3v) is 4.17. The lowest BCUT2D eigenvalue weighted by Gasteiger charge is -2.25. The molecule has 1 aliphatic heterocycles. The molecule has 29 heavy (non-hydrogen) atoms. The van der Waals surface area contributed by atoms with Gasteiger partial charge >= 0.3 is 5.97 Å². The fourth-order valence-corrected chi connectivity index (χ4v) is 2.64. The largest absolute Gasteiger partial charge is 0.478 e. The zero-order valence-electron chi connectivity index (χ0n) is 15.5. The van der Waals surface area contributed by atoms with E-state index in [1.165, 1.54) is 31.2 Å². The van der Waals surface area contributed by atoms with Gasteiger partial charge in [-0.05, 0) is 43.3 Å². The first kappa shape index (κ1) is 19.9. The highest BCUT2D eigenvalue weighted by Crippen LogP contribution is 2.29. The van der Waals surface area contributed by atoms with Crippen molar-refractivity contribution in [3.63, 3.8) is 0 Å². The van der Waals surface area contributed by atoms with Crippen LogP contribution in [0.15, 0.2) is 48.5 Å². The highest BCUT2D eigenvalue weighted by Gasteiger charge is 2.31. The number of carbonyl (C=O) groups is 4. The summed E-state index contributed by atoms with van der Waals surface area (Å²) in [6, 6.07) is 12.8. The van der Waals surface area contributed by atoms with E-state index in [9.17, 15) is 19.2 Å². The van der Waals surface area contributed by atoms with Gasteiger partial charge in [0.05, 0.1) is 12.1 Å². The van der Waals surface area contributed by atoms with E-state index in [0.29, 0.717) is 22.7 Å². The number of amides is 3. The number of hydrogen-bond donors (Lipinski definition) is 3. The van der Waals surface area contributed by atoms with E-state index < -0.39 is 35.9 Å². The summed E-state index contributed by atoms with van der Waals surface area (Å²) in [7, 11) is 0. The van der Waals surface area contributed by atoms with Gasteiger partial charge in [0.15, 0.2) is 12.2 Å². The molecule has 0 spiro atoms. The third-order valence-electron chi connectivity index (χ3n) is 4.17. The molecule has 2 aromatic rings. The fourth-order valence-electron chi connectivity index (χ4n) is 2.64. The molecule has 0 saturated carbocycles. The maximum atomic E-state index is 12.2. The molecular weight excluding hydrogens is 378 g/mol. The van der Waals surface area contributed by atoms with Gasteiger partial charge in [-0.15, -0.1) is 0 Å². The molecule has 0 aromatic heterocycles. The molecule has 3 rings (SSSR count). The van der Waals surface area contributed by atoms with Crippen molar-refractivity contribution < 1.29 is 28.7 Å². The topological polar surface area (TPSA) is 137 Å². The van der Waals surface area contributed by atoms with Gasteiger partial charge < -0.3 is 25.8 Å². The second-order valence-corrected chi connectivity index (χ2v) is 6.36. The van der Waals surface area contributed by atoms with Gasteiger partial charge in [0.25, 0.3) is 11.8 Å². The van der Waals surface area contributed by atoms with E-state index in [0.717, 1.165) is 0 Å². The van der Waals surface area contributed by atoms with Crippen LogP contribution >= 0.6 is 0 Å². The summed E-state index contributed by atoms with van der Waals surface area (Å²) in [4.78, 5) is 47.5. The molecule has 1 aliphatic rings. The molecule has 2 aromatic carbocycles. The fraction of sp³-hybridized carbons (Fsp3) is 0.200. The molecule has 9 nitrogen and oxygen atoms in total. The molecule has 3 amide bonds. The smallest absolute Gasteiger partial charge is 0.310 e. The summed E-state index contributed by atoms with van der Waals surface area (Å²) in [6.45, 7) is 1.40. The van der Waals surface area contributed by atoms with E-state index in [-0.39, 0.29) is 6.42 Å². The summed E-state index contributed by atoms with van der Waals surface area (Å²) >= 11 is 0. The number of carbonyl (C=O) groups excluding carboxylic acids is 4. The van der Waals surface area contributed by atoms with Gasteiger partial charge in [-0.25, -0.2) is 0 Å². The Hall–Kier alpha value is -3.88. The molecule has 0 bridgehead atoms. The van der Waals surface area contributed by atoms with Crippen LogP contribution in [0.2, 0.25) is 0 Å². The lowest BCUT2D eigenvalue weighted by molar-refractivity contribution is -0.155. The Morgan fingerprint density at radius 2 is 1.86 bits per heavy atom. The minimum atomic E-state index is -1.10. The van der Waals surface area contributed by atoms with Crippen molar-refractivity contribution in [2.75, 3.05) is 10.6 Å². The Bertz CT molecular complexity index is 957.